The number of rotatable bonds is 5. The standard InChI is InChI=1S/C18H17N3O/c19-18(22)14-6-7-17-16(10-14)15(12-21-17)8-9-20-11-13-4-2-1-3-5-13/h1-7,10-12,21H,8-9H2,(H2,19,22). The smallest absolute Gasteiger partial charge is 0.248 e. The second kappa shape index (κ2) is 6.26. The Bertz CT molecular complexity index is 819. The lowest BCUT2D eigenvalue weighted by atomic mass is 10.1. The van der Waals surface area contributed by atoms with Crippen LogP contribution in [-0.2, 0) is 6.42 Å². The highest BCUT2D eigenvalue weighted by Crippen LogP contribution is 2.20. The van der Waals surface area contributed by atoms with E-state index in [2.05, 4.69) is 9.98 Å². The molecule has 0 radical (unpaired) electrons. The Morgan fingerprint density at radius 3 is 2.77 bits per heavy atom. The summed E-state index contributed by atoms with van der Waals surface area (Å²) in [5.41, 5.74) is 9.11. The number of fused-ring (bicyclic) bond motifs is 1. The summed E-state index contributed by atoms with van der Waals surface area (Å²) in [5.74, 6) is -0.406. The molecule has 110 valence electrons. The van der Waals surface area contributed by atoms with Crippen molar-refractivity contribution in [1.82, 2.24) is 4.98 Å². The molecular weight excluding hydrogens is 274 g/mol. The maximum absolute atomic E-state index is 11.3. The van der Waals surface area contributed by atoms with Crippen molar-refractivity contribution in [1.29, 1.82) is 0 Å². The Balaban J connectivity index is 1.72. The fourth-order valence-electron chi connectivity index (χ4n) is 2.43. The number of nitrogens with zero attached hydrogens (tertiary/aromatic N) is 1. The molecule has 1 aromatic heterocycles. The molecular formula is C18H17N3O. The van der Waals surface area contributed by atoms with Gasteiger partial charge >= 0.3 is 0 Å². The van der Waals surface area contributed by atoms with Gasteiger partial charge in [0.1, 0.15) is 0 Å². The maximum atomic E-state index is 11.3. The molecule has 4 nitrogen and oxygen atoms in total. The van der Waals surface area contributed by atoms with Crippen LogP contribution in [0.2, 0.25) is 0 Å². The van der Waals surface area contributed by atoms with Crippen LogP contribution in [0.1, 0.15) is 21.5 Å². The number of benzene rings is 2. The Labute approximate surface area is 128 Å². The van der Waals surface area contributed by atoms with E-state index in [-0.39, 0.29) is 0 Å². The minimum absolute atomic E-state index is 0.406. The molecule has 0 fully saturated rings. The van der Waals surface area contributed by atoms with Crippen LogP contribution in [0.4, 0.5) is 0 Å². The average Bonchev–Trinajstić information content (AvgIpc) is 2.95. The van der Waals surface area contributed by atoms with Crippen LogP contribution >= 0.6 is 0 Å². The summed E-state index contributed by atoms with van der Waals surface area (Å²) in [7, 11) is 0. The van der Waals surface area contributed by atoms with Crippen molar-refractivity contribution in [2.24, 2.45) is 10.7 Å². The summed E-state index contributed by atoms with van der Waals surface area (Å²) >= 11 is 0. The number of nitrogens with two attached hydrogens (primary N) is 1. The van der Waals surface area contributed by atoms with Crippen molar-refractivity contribution in [3.05, 3.63) is 71.4 Å². The van der Waals surface area contributed by atoms with Crippen LogP contribution in [0.5, 0.6) is 0 Å². The minimum Gasteiger partial charge on any atom is -0.366 e. The summed E-state index contributed by atoms with van der Waals surface area (Å²) in [4.78, 5) is 18.9. The number of carbonyl (C=O) groups is 1. The molecule has 1 heterocycles. The number of aliphatic imine (C=N–C) groups is 1. The topological polar surface area (TPSA) is 71.2 Å². The van der Waals surface area contributed by atoms with Gasteiger partial charge in [-0.15, -0.1) is 0 Å². The van der Waals surface area contributed by atoms with Gasteiger partial charge in [-0.05, 0) is 35.7 Å². The number of aromatic amines is 1. The van der Waals surface area contributed by atoms with E-state index in [1.54, 1.807) is 6.07 Å². The third-order valence-corrected chi connectivity index (χ3v) is 3.60. The molecule has 22 heavy (non-hydrogen) atoms. The lowest BCUT2D eigenvalue weighted by Crippen LogP contribution is -2.10. The first kappa shape index (κ1) is 14.1. The predicted molar refractivity (Wildman–Crippen MR) is 89.4 cm³/mol. The van der Waals surface area contributed by atoms with Crippen LogP contribution in [0.15, 0.2) is 59.7 Å². The van der Waals surface area contributed by atoms with E-state index >= 15 is 0 Å². The van der Waals surface area contributed by atoms with E-state index in [0.29, 0.717) is 12.1 Å². The summed E-state index contributed by atoms with van der Waals surface area (Å²) in [6.07, 6.45) is 4.66. The lowest BCUT2D eigenvalue weighted by molar-refractivity contribution is 0.100. The number of hydrogen-bond acceptors (Lipinski definition) is 2. The molecule has 2 aromatic carbocycles. The number of hydrogen-bond donors (Lipinski definition) is 2. The SMILES string of the molecule is NC(=O)c1ccc2[nH]cc(CCN=Cc3ccccc3)c2c1. The van der Waals surface area contributed by atoms with Gasteiger partial charge in [0.05, 0.1) is 0 Å². The molecule has 4 heteroatoms. The number of nitrogens with one attached hydrogen (secondary N) is 1. The van der Waals surface area contributed by atoms with E-state index in [1.165, 1.54) is 0 Å². The molecule has 0 saturated carbocycles. The number of primary amides is 1. The van der Waals surface area contributed by atoms with Gasteiger partial charge in [0.2, 0.25) is 5.91 Å². The van der Waals surface area contributed by atoms with E-state index in [9.17, 15) is 4.79 Å². The molecule has 3 N–H and O–H groups in total. The van der Waals surface area contributed by atoms with Crippen LogP contribution < -0.4 is 5.73 Å². The van der Waals surface area contributed by atoms with E-state index in [1.807, 2.05) is 54.9 Å². The summed E-state index contributed by atoms with van der Waals surface area (Å²) in [5, 5.41) is 1.03. The van der Waals surface area contributed by atoms with Gasteiger partial charge in [-0.1, -0.05) is 30.3 Å². The molecule has 0 bridgehead atoms. The summed E-state index contributed by atoms with van der Waals surface area (Å²) in [6, 6.07) is 15.5. The number of amides is 1. The lowest BCUT2D eigenvalue weighted by Gasteiger charge is -1.99. The van der Waals surface area contributed by atoms with Crippen molar-refractivity contribution in [2.45, 2.75) is 6.42 Å². The molecule has 0 spiro atoms. The van der Waals surface area contributed by atoms with Gasteiger partial charge < -0.3 is 10.7 Å². The normalized spacial score (nSPS) is 11.3. The molecule has 0 unspecified atom stereocenters. The molecule has 0 saturated heterocycles. The van der Waals surface area contributed by atoms with Crippen molar-refractivity contribution in [3.63, 3.8) is 0 Å². The average molecular weight is 291 g/mol. The minimum atomic E-state index is -0.406. The second-order valence-electron chi connectivity index (χ2n) is 5.13. The number of aromatic nitrogens is 1. The van der Waals surface area contributed by atoms with Crippen molar-refractivity contribution < 1.29 is 4.79 Å². The molecule has 3 aromatic rings. The van der Waals surface area contributed by atoms with Crippen LogP contribution in [0, 0.1) is 0 Å². The third-order valence-electron chi connectivity index (χ3n) is 3.60. The summed E-state index contributed by atoms with van der Waals surface area (Å²) in [6.45, 7) is 0.697. The zero-order valence-corrected chi connectivity index (χ0v) is 12.1. The number of carbonyl (C=O) groups excluding carboxylic acids is 1. The first-order valence-electron chi connectivity index (χ1n) is 7.19. The number of H-pyrrole nitrogens is 1. The van der Waals surface area contributed by atoms with E-state index in [4.69, 9.17) is 5.73 Å². The van der Waals surface area contributed by atoms with E-state index < -0.39 is 5.91 Å². The molecule has 0 aliphatic carbocycles. The van der Waals surface area contributed by atoms with Crippen molar-refractivity contribution in [3.8, 4) is 0 Å². The first-order chi connectivity index (χ1) is 10.7. The van der Waals surface area contributed by atoms with Crippen molar-refractivity contribution >= 4 is 23.0 Å². The highest BCUT2D eigenvalue weighted by atomic mass is 16.1. The van der Waals surface area contributed by atoms with Crippen LogP contribution in [0.25, 0.3) is 10.9 Å². The monoisotopic (exact) mass is 291 g/mol. The Hall–Kier alpha value is -2.88. The molecule has 3 rings (SSSR count). The fourth-order valence-corrected chi connectivity index (χ4v) is 2.43. The van der Waals surface area contributed by atoms with Gasteiger partial charge in [0, 0.05) is 35.4 Å². The van der Waals surface area contributed by atoms with Gasteiger partial charge in [0.15, 0.2) is 0 Å². The fraction of sp³-hybridized carbons (Fsp3) is 0.111. The van der Waals surface area contributed by atoms with Crippen LogP contribution in [-0.4, -0.2) is 23.7 Å². The maximum Gasteiger partial charge on any atom is 0.248 e. The zero-order chi connectivity index (χ0) is 15.4. The Kier molecular flexibility index (Phi) is 4.01. The van der Waals surface area contributed by atoms with Gasteiger partial charge in [-0.3, -0.25) is 9.79 Å². The quantitative estimate of drug-likeness (QED) is 0.697. The van der Waals surface area contributed by atoms with Crippen molar-refractivity contribution in [2.75, 3.05) is 6.54 Å². The van der Waals surface area contributed by atoms with Crippen LogP contribution in [0.3, 0.4) is 0 Å². The molecule has 1 amide bonds. The van der Waals surface area contributed by atoms with E-state index in [0.717, 1.165) is 28.5 Å². The predicted octanol–water partition coefficient (Wildman–Crippen LogP) is 2.93. The highest BCUT2D eigenvalue weighted by Gasteiger charge is 2.06. The van der Waals surface area contributed by atoms with Gasteiger partial charge in [-0.2, -0.15) is 0 Å². The molecule has 0 atom stereocenters. The zero-order valence-electron chi connectivity index (χ0n) is 12.1. The Morgan fingerprint density at radius 2 is 2.00 bits per heavy atom. The highest BCUT2D eigenvalue weighted by molar-refractivity contribution is 5.97. The molecule has 0 aliphatic rings. The Morgan fingerprint density at radius 1 is 1.18 bits per heavy atom. The second-order valence-corrected chi connectivity index (χ2v) is 5.13. The third kappa shape index (κ3) is 3.06. The largest absolute Gasteiger partial charge is 0.366 e. The van der Waals surface area contributed by atoms with Gasteiger partial charge in [-0.25, -0.2) is 0 Å². The first-order valence-corrected chi connectivity index (χ1v) is 7.19. The summed E-state index contributed by atoms with van der Waals surface area (Å²) < 4.78 is 0. The van der Waals surface area contributed by atoms with Gasteiger partial charge in [0.25, 0.3) is 0 Å². The molecule has 0 aliphatic heterocycles.